The van der Waals surface area contributed by atoms with Crippen LogP contribution in [0.5, 0.6) is 0 Å². The first-order chi connectivity index (χ1) is 6.70. The molecule has 0 unspecified atom stereocenters. The highest BCUT2D eigenvalue weighted by molar-refractivity contribution is 5.83. The molecule has 2 aromatic carbocycles. The van der Waals surface area contributed by atoms with Gasteiger partial charge in [0.25, 0.3) is 0 Å². The monoisotopic (exact) mass is 182 g/mol. The van der Waals surface area contributed by atoms with Crippen LogP contribution in [-0.4, -0.2) is 0 Å². The molecular formula is C14H14. The lowest BCUT2D eigenvalue weighted by Crippen LogP contribution is -2.05. The zero-order valence-corrected chi connectivity index (χ0v) is 8.51. The van der Waals surface area contributed by atoms with E-state index in [1.165, 1.54) is 16.3 Å². The minimum absolute atomic E-state index is 1.05. The Kier molecular flexibility index (Phi) is 2.12. The quantitative estimate of drug-likeness (QED) is 0.634. The summed E-state index contributed by atoms with van der Waals surface area (Å²) in [6.45, 7) is 10.2. The molecule has 0 amide bonds. The summed E-state index contributed by atoms with van der Waals surface area (Å²) in [7, 11) is 0. The van der Waals surface area contributed by atoms with E-state index >= 15 is 0 Å². The van der Waals surface area contributed by atoms with E-state index in [0.717, 1.165) is 16.9 Å². The van der Waals surface area contributed by atoms with E-state index in [2.05, 4.69) is 44.3 Å². The van der Waals surface area contributed by atoms with E-state index in [1.54, 1.807) is 0 Å². The third kappa shape index (κ3) is 1.44. The van der Waals surface area contributed by atoms with Crippen molar-refractivity contribution in [2.45, 2.75) is 13.3 Å². The summed E-state index contributed by atoms with van der Waals surface area (Å²) in [5.74, 6) is 0. The van der Waals surface area contributed by atoms with E-state index in [9.17, 15) is 0 Å². The Hall–Kier alpha value is -1.56. The standard InChI is InChI=1S/C14H14/c1-4-12-8-11(3)14-7-10(2)5-6-13(14)9-12/h5-9H,2-4H2,1H3. The van der Waals surface area contributed by atoms with Gasteiger partial charge in [-0.3, -0.25) is 0 Å². The predicted octanol–water partition coefficient (Wildman–Crippen LogP) is 2.22. The van der Waals surface area contributed by atoms with Crippen LogP contribution in [0.15, 0.2) is 30.3 Å². The minimum atomic E-state index is 1.05. The van der Waals surface area contributed by atoms with Gasteiger partial charge >= 0.3 is 0 Å². The van der Waals surface area contributed by atoms with Gasteiger partial charge in [0.1, 0.15) is 0 Å². The summed E-state index contributed by atoms with van der Waals surface area (Å²) in [4.78, 5) is 0. The molecule has 0 aliphatic carbocycles. The molecule has 0 saturated heterocycles. The molecule has 0 bridgehead atoms. The third-order valence-corrected chi connectivity index (χ3v) is 2.57. The largest absolute Gasteiger partial charge is 0.0917 e. The van der Waals surface area contributed by atoms with Crippen molar-refractivity contribution in [3.05, 3.63) is 46.3 Å². The van der Waals surface area contributed by atoms with Crippen molar-refractivity contribution < 1.29 is 0 Å². The highest BCUT2D eigenvalue weighted by Crippen LogP contribution is 2.09. The van der Waals surface area contributed by atoms with Gasteiger partial charge in [0.05, 0.1) is 0 Å². The first kappa shape index (κ1) is 9.01. The van der Waals surface area contributed by atoms with Crippen LogP contribution in [-0.2, 0) is 6.42 Å². The number of hydrogen-bond donors (Lipinski definition) is 0. The van der Waals surface area contributed by atoms with Gasteiger partial charge in [-0.05, 0) is 39.3 Å². The fourth-order valence-corrected chi connectivity index (χ4v) is 1.75. The molecule has 0 fully saturated rings. The van der Waals surface area contributed by atoms with E-state index in [1.807, 2.05) is 6.07 Å². The molecule has 0 aromatic heterocycles. The molecule has 0 spiro atoms. The minimum Gasteiger partial charge on any atom is -0.0917 e. The molecule has 2 aromatic rings. The van der Waals surface area contributed by atoms with Gasteiger partial charge in [0.15, 0.2) is 0 Å². The molecule has 0 heterocycles. The van der Waals surface area contributed by atoms with Crippen LogP contribution in [0.25, 0.3) is 23.9 Å². The predicted molar refractivity (Wildman–Crippen MR) is 63.6 cm³/mol. The molecule has 2 rings (SSSR count). The van der Waals surface area contributed by atoms with Crippen molar-refractivity contribution in [1.29, 1.82) is 0 Å². The second-order valence-electron chi connectivity index (χ2n) is 3.66. The van der Waals surface area contributed by atoms with Crippen LogP contribution in [0.2, 0.25) is 0 Å². The summed E-state index contributed by atoms with van der Waals surface area (Å²) in [6.07, 6.45) is 1.06. The van der Waals surface area contributed by atoms with Gasteiger partial charge in [-0.15, -0.1) is 0 Å². The lowest BCUT2D eigenvalue weighted by molar-refractivity contribution is 1.14. The van der Waals surface area contributed by atoms with Crippen molar-refractivity contribution in [1.82, 2.24) is 0 Å². The number of fused-ring (bicyclic) bond motifs is 1. The number of rotatable bonds is 1. The molecule has 0 saturated carbocycles. The Morgan fingerprint density at radius 1 is 1.07 bits per heavy atom. The summed E-state index contributed by atoms with van der Waals surface area (Å²) in [5, 5.41) is 4.63. The van der Waals surface area contributed by atoms with E-state index in [4.69, 9.17) is 0 Å². The van der Waals surface area contributed by atoms with Crippen molar-refractivity contribution in [2.75, 3.05) is 0 Å². The van der Waals surface area contributed by atoms with Crippen LogP contribution < -0.4 is 10.4 Å². The second kappa shape index (κ2) is 3.30. The summed E-state index contributed by atoms with van der Waals surface area (Å²) in [6, 6.07) is 10.6. The summed E-state index contributed by atoms with van der Waals surface area (Å²) >= 11 is 0. The normalized spacial score (nSPS) is 10.6. The van der Waals surface area contributed by atoms with Crippen LogP contribution in [0.4, 0.5) is 0 Å². The van der Waals surface area contributed by atoms with E-state index < -0.39 is 0 Å². The highest BCUT2D eigenvalue weighted by Gasteiger charge is 1.95. The lowest BCUT2D eigenvalue weighted by atomic mass is 10.0. The molecule has 0 heteroatoms. The maximum absolute atomic E-state index is 4.07. The van der Waals surface area contributed by atoms with Gasteiger partial charge in [0.2, 0.25) is 0 Å². The van der Waals surface area contributed by atoms with Crippen molar-refractivity contribution in [3.63, 3.8) is 0 Å². The number of benzene rings is 2. The molecule has 0 atom stereocenters. The van der Waals surface area contributed by atoms with Crippen LogP contribution >= 0.6 is 0 Å². The van der Waals surface area contributed by atoms with Crippen molar-refractivity contribution in [3.8, 4) is 0 Å². The molecule has 0 aliphatic heterocycles. The molecule has 0 N–H and O–H groups in total. The van der Waals surface area contributed by atoms with Gasteiger partial charge in [-0.25, -0.2) is 0 Å². The Morgan fingerprint density at radius 2 is 1.86 bits per heavy atom. The van der Waals surface area contributed by atoms with E-state index in [0.29, 0.717) is 0 Å². The van der Waals surface area contributed by atoms with Crippen LogP contribution in [0.3, 0.4) is 0 Å². The zero-order valence-electron chi connectivity index (χ0n) is 8.51. The fraction of sp³-hybridized carbons (Fsp3) is 0.143. The Bertz CT molecular complexity index is 564. The summed E-state index contributed by atoms with van der Waals surface area (Å²) in [5.41, 5.74) is 1.35. The molecule has 70 valence electrons. The van der Waals surface area contributed by atoms with Crippen LogP contribution in [0.1, 0.15) is 12.5 Å². The number of aryl methyl sites for hydroxylation is 1. The number of hydrogen-bond acceptors (Lipinski definition) is 0. The smallest absolute Gasteiger partial charge is 0.0111 e. The van der Waals surface area contributed by atoms with Crippen molar-refractivity contribution >= 4 is 23.9 Å². The first-order valence-corrected chi connectivity index (χ1v) is 4.91. The van der Waals surface area contributed by atoms with E-state index in [-0.39, 0.29) is 0 Å². The zero-order chi connectivity index (χ0) is 10.1. The Morgan fingerprint density at radius 3 is 2.57 bits per heavy atom. The molecule has 14 heavy (non-hydrogen) atoms. The van der Waals surface area contributed by atoms with Gasteiger partial charge in [0, 0.05) is 0 Å². The lowest BCUT2D eigenvalue weighted by Gasteiger charge is -2.02. The second-order valence-corrected chi connectivity index (χ2v) is 3.66. The highest BCUT2D eigenvalue weighted by atomic mass is 14.0. The topological polar surface area (TPSA) is 0 Å². The van der Waals surface area contributed by atoms with Crippen molar-refractivity contribution in [2.24, 2.45) is 0 Å². The third-order valence-electron chi connectivity index (χ3n) is 2.57. The summed E-state index contributed by atoms with van der Waals surface area (Å²) < 4.78 is 0. The van der Waals surface area contributed by atoms with Crippen LogP contribution in [0, 0.1) is 0 Å². The van der Waals surface area contributed by atoms with Gasteiger partial charge < -0.3 is 0 Å². The fourth-order valence-electron chi connectivity index (χ4n) is 1.75. The molecule has 0 radical (unpaired) electrons. The maximum Gasteiger partial charge on any atom is -0.0111 e. The molecular weight excluding hydrogens is 168 g/mol. The molecule has 0 aliphatic rings. The Balaban J connectivity index is 2.90. The average molecular weight is 182 g/mol. The Labute approximate surface area is 84.2 Å². The van der Waals surface area contributed by atoms with Gasteiger partial charge in [-0.2, -0.15) is 0 Å². The first-order valence-electron chi connectivity index (χ1n) is 4.91. The van der Waals surface area contributed by atoms with Gasteiger partial charge in [-0.1, -0.05) is 44.3 Å². The SMILES string of the molecule is C=c1ccc2cc(CC)cc(=C)c2c1. The maximum atomic E-state index is 4.07. The molecule has 0 nitrogen and oxygen atoms in total. The average Bonchev–Trinajstić information content (AvgIpc) is 2.19.